The van der Waals surface area contributed by atoms with E-state index >= 15 is 0 Å². The van der Waals surface area contributed by atoms with Gasteiger partial charge in [0.15, 0.2) is 0 Å². The second kappa shape index (κ2) is 14.7. The van der Waals surface area contributed by atoms with Crippen molar-refractivity contribution in [2.75, 3.05) is 4.90 Å². The van der Waals surface area contributed by atoms with E-state index in [1.807, 2.05) is 0 Å². The van der Waals surface area contributed by atoms with Crippen molar-refractivity contribution in [2.45, 2.75) is 81.8 Å². The zero-order chi connectivity index (χ0) is 39.5. The van der Waals surface area contributed by atoms with Crippen LogP contribution in [-0.2, 0) is 5.41 Å². The van der Waals surface area contributed by atoms with E-state index < -0.39 is 0 Å². The summed E-state index contributed by atoms with van der Waals surface area (Å²) in [5.74, 6) is 1.29. The second-order valence-corrected chi connectivity index (χ2v) is 18.0. The molecule has 2 heterocycles. The normalized spacial score (nSPS) is 27.2. The Morgan fingerprint density at radius 2 is 1.54 bits per heavy atom. The van der Waals surface area contributed by atoms with Gasteiger partial charge in [0.25, 0.3) is 0 Å². The maximum Gasteiger partial charge on any atom is 0.141 e. The third-order valence-corrected chi connectivity index (χ3v) is 14.3. The van der Waals surface area contributed by atoms with Crippen LogP contribution in [0.3, 0.4) is 0 Å². The number of hydrogen-bond acceptors (Lipinski definition) is 2. The van der Waals surface area contributed by atoms with Gasteiger partial charge in [-0.15, -0.1) is 0 Å². The van der Waals surface area contributed by atoms with E-state index in [1.165, 1.54) is 72.5 Å². The first-order valence-electron chi connectivity index (χ1n) is 22.0. The summed E-state index contributed by atoms with van der Waals surface area (Å²) < 4.78 is 0. The summed E-state index contributed by atoms with van der Waals surface area (Å²) in [7, 11) is 0. The van der Waals surface area contributed by atoms with Crippen LogP contribution in [0.1, 0.15) is 92.0 Å². The highest BCUT2D eigenvalue weighted by molar-refractivity contribution is 6.11. The van der Waals surface area contributed by atoms with Gasteiger partial charge in [0.05, 0.1) is 11.8 Å². The average Bonchev–Trinajstić information content (AvgIpc) is 3.60. The molecule has 8 aliphatic rings. The Balaban J connectivity index is 0.842. The molecule has 2 nitrogen and oxygen atoms in total. The van der Waals surface area contributed by atoms with E-state index in [4.69, 9.17) is 4.99 Å². The van der Waals surface area contributed by atoms with Crippen LogP contribution >= 0.6 is 0 Å². The lowest BCUT2D eigenvalue weighted by molar-refractivity contribution is 0.376. The molecule has 0 saturated heterocycles. The highest BCUT2D eigenvalue weighted by Crippen LogP contribution is 2.57. The van der Waals surface area contributed by atoms with Crippen LogP contribution in [0.15, 0.2) is 209 Å². The van der Waals surface area contributed by atoms with Crippen LogP contribution in [0.25, 0.3) is 11.1 Å². The number of aliphatic imine (C=N–C) groups is 1. The van der Waals surface area contributed by atoms with Gasteiger partial charge < -0.3 is 4.90 Å². The minimum atomic E-state index is -0.109. The number of fused-ring (bicyclic) bond motifs is 6. The molecule has 5 atom stereocenters. The van der Waals surface area contributed by atoms with Crippen LogP contribution in [0.2, 0.25) is 0 Å². The Morgan fingerprint density at radius 1 is 0.678 bits per heavy atom. The van der Waals surface area contributed by atoms with Crippen LogP contribution in [-0.4, -0.2) is 17.9 Å². The van der Waals surface area contributed by atoms with E-state index in [-0.39, 0.29) is 17.6 Å². The maximum atomic E-state index is 5.55. The number of hydrogen-bond donors (Lipinski definition) is 0. The molecule has 6 aliphatic carbocycles. The van der Waals surface area contributed by atoms with Crippen LogP contribution in [0, 0.1) is 5.92 Å². The Bertz CT molecular complexity index is 2670. The van der Waals surface area contributed by atoms with Gasteiger partial charge in [0.2, 0.25) is 0 Å². The molecule has 0 fully saturated rings. The Labute approximate surface area is 350 Å². The fourth-order valence-electron chi connectivity index (χ4n) is 11.4. The molecule has 2 heteroatoms. The minimum Gasteiger partial charge on any atom is -0.338 e. The Hall–Kier alpha value is -5.99. The monoisotopic (exact) mass is 764 g/mol. The van der Waals surface area contributed by atoms with Crippen LogP contribution in [0.5, 0.6) is 0 Å². The standard InChI is InChI=1S/C57H52N2/c1-57(2)51-22-8-6-18-47(51)50-21-13-20-46(56(50)57)41-30-26-40(27-31-41)45-34-35-49-48-19-7-10-24-53(48)59(54(49)37-45)55-25-11-9-23-52(58-55)42-32-28-39(29-33-42)44-17-12-16-43(36-44)38-14-4-3-5-15-38/h4,6-26,28,30,32-36,39,50,54-56H,3,5,27,29,31,37H2,1-2H3. The number of anilines is 1. The molecule has 0 spiro atoms. The number of rotatable bonds is 6. The van der Waals surface area contributed by atoms with Crippen LogP contribution in [0.4, 0.5) is 5.69 Å². The summed E-state index contributed by atoms with van der Waals surface area (Å²) in [5, 5.41) is 0. The van der Waals surface area contributed by atoms with Crippen molar-refractivity contribution in [2.24, 2.45) is 10.9 Å². The lowest BCUT2D eigenvalue weighted by atomic mass is 9.67. The summed E-state index contributed by atoms with van der Waals surface area (Å²) in [6.07, 6.45) is 46.0. The van der Waals surface area contributed by atoms with Crippen molar-refractivity contribution in [1.82, 2.24) is 0 Å². The number of para-hydroxylation sites is 1. The van der Waals surface area contributed by atoms with Gasteiger partial charge in [-0.05, 0) is 123 Å². The highest BCUT2D eigenvalue weighted by atomic mass is 15.3. The number of nitrogens with zero attached hydrogens (tertiary/aromatic N) is 2. The van der Waals surface area contributed by atoms with Gasteiger partial charge >= 0.3 is 0 Å². The van der Waals surface area contributed by atoms with E-state index in [0.29, 0.717) is 17.8 Å². The fraction of sp³-hybridized carbons (Fsp3) is 0.246. The molecule has 2 aliphatic heterocycles. The second-order valence-electron chi connectivity index (χ2n) is 18.0. The van der Waals surface area contributed by atoms with E-state index in [0.717, 1.165) is 44.2 Å². The first-order chi connectivity index (χ1) is 29.0. The molecule has 3 aromatic carbocycles. The highest BCUT2D eigenvalue weighted by Gasteiger charge is 2.48. The molecule has 0 amide bonds. The van der Waals surface area contributed by atoms with Crippen molar-refractivity contribution >= 4 is 22.5 Å². The number of allylic oxidation sites excluding steroid dienone is 21. The Kier molecular flexibility index (Phi) is 8.99. The number of benzene rings is 3. The molecule has 0 N–H and O–H groups in total. The molecule has 290 valence electrons. The van der Waals surface area contributed by atoms with Crippen molar-refractivity contribution < 1.29 is 0 Å². The van der Waals surface area contributed by atoms with Crippen molar-refractivity contribution in [3.05, 3.63) is 232 Å². The quantitative estimate of drug-likeness (QED) is 0.244. The maximum absolute atomic E-state index is 5.55. The predicted octanol–water partition coefficient (Wildman–Crippen LogP) is 13.7. The molecular weight excluding hydrogens is 713 g/mol. The van der Waals surface area contributed by atoms with Crippen molar-refractivity contribution in [3.8, 4) is 0 Å². The van der Waals surface area contributed by atoms with Gasteiger partial charge in [-0.25, -0.2) is 0 Å². The van der Waals surface area contributed by atoms with Gasteiger partial charge in [0, 0.05) is 29.0 Å². The van der Waals surface area contributed by atoms with Crippen molar-refractivity contribution in [3.63, 3.8) is 0 Å². The van der Waals surface area contributed by atoms with E-state index in [9.17, 15) is 0 Å². The molecule has 0 bridgehead atoms. The molecule has 0 radical (unpaired) electrons. The summed E-state index contributed by atoms with van der Waals surface area (Å²) in [4.78, 5) is 8.14. The largest absolute Gasteiger partial charge is 0.338 e. The van der Waals surface area contributed by atoms with E-state index in [1.54, 1.807) is 0 Å². The molecule has 5 unspecified atom stereocenters. The first-order valence-corrected chi connectivity index (χ1v) is 22.0. The summed E-state index contributed by atoms with van der Waals surface area (Å²) in [5.41, 5.74) is 19.4. The van der Waals surface area contributed by atoms with Gasteiger partial charge in [-0.2, -0.15) is 0 Å². The summed E-state index contributed by atoms with van der Waals surface area (Å²) in [6.45, 7) is 4.91. The summed E-state index contributed by atoms with van der Waals surface area (Å²) >= 11 is 0. The molecular formula is C57H52N2. The third kappa shape index (κ3) is 6.27. The topological polar surface area (TPSA) is 15.6 Å². The van der Waals surface area contributed by atoms with Crippen molar-refractivity contribution in [1.29, 1.82) is 0 Å². The Morgan fingerprint density at radius 3 is 2.41 bits per heavy atom. The van der Waals surface area contributed by atoms with E-state index in [2.05, 4.69) is 195 Å². The first kappa shape index (κ1) is 36.1. The van der Waals surface area contributed by atoms with Gasteiger partial charge in [-0.1, -0.05) is 172 Å². The third-order valence-electron chi connectivity index (χ3n) is 14.3. The lowest BCUT2D eigenvalue weighted by Crippen LogP contribution is -2.40. The van der Waals surface area contributed by atoms with Gasteiger partial charge in [-0.3, -0.25) is 4.99 Å². The predicted molar refractivity (Wildman–Crippen MR) is 249 cm³/mol. The molecule has 3 aromatic rings. The molecule has 0 aromatic heterocycles. The lowest BCUT2D eigenvalue weighted by Gasteiger charge is -2.37. The molecule has 59 heavy (non-hydrogen) atoms. The minimum absolute atomic E-state index is 0.101. The zero-order valence-electron chi connectivity index (χ0n) is 34.3. The SMILES string of the molecule is CC1(C)c2ccccc2C2C=CC=C(C3=CC=C(C4=CC=C5c6ccccc6N(C6C=CC=CC(C7=CCC(c8cccc(C9=CCCC=C9)c8)C=C7)=N6)C5C4)CC3)C21. The smallest absolute Gasteiger partial charge is 0.141 e. The molecule has 0 saturated carbocycles. The fourth-order valence-corrected chi connectivity index (χ4v) is 11.4. The molecule has 11 rings (SSSR count). The summed E-state index contributed by atoms with van der Waals surface area (Å²) in [6, 6.07) is 27.5. The van der Waals surface area contributed by atoms with Gasteiger partial charge in [0.1, 0.15) is 6.17 Å². The zero-order valence-corrected chi connectivity index (χ0v) is 34.3. The van der Waals surface area contributed by atoms with Crippen LogP contribution < -0.4 is 4.90 Å². The average molecular weight is 765 g/mol.